The minimum Gasteiger partial charge on any atom is -0.390 e. The quantitative estimate of drug-likeness (QED) is 0.580. The van der Waals surface area contributed by atoms with Crippen LogP contribution in [0, 0.1) is 0 Å². The van der Waals surface area contributed by atoms with Crippen molar-refractivity contribution in [2.75, 3.05) is 0 Å². The van der Waals surface area contributed by atoms with Gasteiger partial charge in [0.05, 0.1) is 24.6 Å². The van der Waals surface area contributed by atoms with Gasteiger partial charge in [-0.25, -0.2) is 4.98 Å². The van der Waals surface area contributed by atoms with E-state index in [9.17, 15) is 0 Å². The van der Waals surface area contributed by atoms with Crippen LogP contribution < -0.4 is 0 Å². The SMILES string of the molecule is CCCCCCCCc1nc(CO)c(CO)[nH]1. The molecule has 0 saturated heterocycles. The Labute approximate surface area is 103 Å². The number of aromatic nitrogens is 2. The summed E-state index contributed by atoms with van der Waals surface area (Å²) in [5.74, 6) is 0.883. The van der Waals surface area contributed by atoms with E-state index in [0.29, 0.717) is 11.4 Å². The van der Waals surface area contributed by atoms with E-state index in [1.807, 2.05) is 0 Å². The van der Waals surface area contributed by atoms with Gasteiger partial charge in [0.25, 0.3) is 0 Å². The molecule has 0 atom stereocenters. The maximum absolute atomic E-state index is 9.05. The monoisotopic (exact) mass is 240 g/mol. The van der Waals surface area contributed by atoms with Gasteiger partial charge < -0.3 is 15.2 Å². The van der Waals surface area contributed by atoms with Crippen molar-refractivity contribution in [2.45, 2.75) is 65.1 Å². The van der Waals surface area contributed by atoms with E-state index in [4.69, 9.17) is 10.2 Å². The molecule has 17 heavy (non-hydrogen) atoms. The van der Waals surface area contributed by atoms with E-state index in [1.165, 1.54) is 32.1 Å². The molecule has 98 valence electrons. The summed E-state index contributed by atoms with van der Waals surface area (Å²) >= 11 is 0. The number of aliphatic hydroxyl groups excluding tert-OH is 2. The van der Waals surface area contributed by atoms with Gasteiger partial charge in [-0.05, 0) is 6.42 Å². The third-order valence-corrected chi connectivity index (χ3v) is 2.99. The maximum Gasteiger partial charge on any atom is 0.106 e. The van der Waals surface area contributed by atoms with E-state index in [-0.39, 0.29) is 13.2 Å². The fourth-order valence-corrected chi connectivity index (χ4v) is 1.96. The van der Waals surface area contributed by atoms with Crippen LogP contribution in [0.15, 0.2) is 0 Å². The molecule has 0 fully saturated rings. The molecular weight excluding hydrogens is 216 g/mol. The minimum absolute atomic E-state index is 0.0839. The summed E-state index contributed by atoms with van der Waals surface area (Å²) in [5, 5.41) is 18.1. The fraction of sp³-hybridized carbons (Fsp3) is 0.769. The van der Waals surface area contributed by atoms with Crippen molar-refractivity contribution in [1.82, 2.24) is 9.97 Å². The van der Waals surface area contributed by atoms with E-state index >= 15 is 0 Å². The Morgan fingerprint density at radius 1 is 1.00 bits per heavy atom. The molecule has 0 saturated carbocycles. The maximum atomic E-state index is 9.05. The number of unbranched alkanes of at least 4 members (excludes halogenated alkanes) is 5. The van der Waals surface area contributed by atoms with Gasteiger partial charge in [-0.1, -0.05) is 39.0 Å². The van der Waals surface area contributed by atoms with Crippen LogP contribution in [0.5, 0.6) is 0 Å². The van der Waals surface area contributed by atoms with Gasteiger partial charge >= 0.3 is 0 Å². The van der Waals surface area contributed by atoms with E-state index in [1.54, 1.807) is 0 Å². The molecule has 4 nitrogen and oxygen atoms in total. The Balaban J connectivity index is 2.24. The van der Waals surface area contributed by atoms with Crippen LogP contribution in [0.4, 0.5) is 0 Å². The molecule has 1 aromatic heterocycles. The molecular formula is C13H24N2O2. The Morgan fingerprint density at radius 2 is 1.71 bits per heavy atom. The number of imidazole rings is 1. The van der Waals surface area contributed by atoms with Gasteiger partial charge in [0.15, 0.2) is 0 Å². The molecule has 0 aliphatic rings. The van der Waals surface area contributed by atoms with Crippen LogP contribution in [-0.4, -0.2) is 20.2 Å². The lowest BCUT2D eigenvalue weighted by atomic mass is 10.1. The van der Waals surface area contributed by atoms with Gasteiger partial charge in [-0.2, -0.15) is 0 Å². The molecule has 0 aliphatic heterocycles. The predicted octanol–water partition coefficient (Wildman–Crippen LogP) is 2.30. The normalized spacial score (nSPS) is 11.0. The summed E-state index contributed by atoms with van der Waals surface area (Å²) in [5.41, 5.74) is 1.22. The Kier molecular flexibility index (Phi) is 6.89. The van der Waals surface area contributed by atoms with Crippen molar-refractivity contribution in [3.05, 3.63) is 17.2 Å². The summed E-state index contributed by atoms with van der Waals surface area (Å²) in [6.45, 7) is 2.03. The standard InChI is InChI=1S/C13H24N2O2/c1-2-3-4-5-6-7-8-13-14-11(9-16)12(10-17)15-13/h16-17H,2-10H2,1H3,(H,14,15). The van der Waals surface area contributed by atoms with Gasteiger partial charge in [-0.15, -0.1) is 0 Å². The van der Waals surface area contributed by atoms with E-state index in [2.05, 4.69) is 16.9 Å². The molecule has 0 unspecified atom stereocenters. The lowest BCUT2D eigenvalue weighted by molar-refractivity contribution is 0.255. The number of aromatic amines is 1. The number of rotatable bonds is 9. The second-order valence-electron chi connectivity index (χ2n) is 4.44. The molecule has 0 aromatic carbocycles. The summed E-state index contributed by atoms with van der Waals surface area (Å²) < 4.78 is 0. The van der Waals surface area contributed by atoms with Gasteiger partial charge in [0.1, 0.15) is 5.82 Å². The molecule has 0 bridgehead atoms. The van der Waals surface area contributed by atoms with Crippen molar-refractivity contribution in [1.29, 1.82) is 0 Å². The lowest BCUT2D eigenvalue weighted by Crippen LogP contribution is -1.91. The number of aliphatic hydroxyl groups is 2. The van der Waals surface area contributed by atoms with E-state index in [0.717, 1.165) is 18.7 Å². The largest absolute Gasteiger partial charge is 0.390 e. The molecule has 0 amide bonds. The van der Waals surface area contributed by atoms with Crippen LogP contribution in [0.25, 0.3) is 0 Å². The van der Waals surface area contributed by atoms with Crippen LogP contribution in [0.2, 0.25) is 0 Å². The molecule has 4 heteroatoms. The summed E-state index contributed by atoms with van der Waals surface area (Å²) in [6.07, 6.45) is 8.45. The van der Waals surface area contributed by atoms with Crippen molar-refractivity contribution < 1.29 is 10.2 Å². The Morgan fingerprint density at radius 3 is 2.29 bits per heavy atom. The molecule has 0 radical (unpaired) electrons. The highest BCUT2D eigenvalue weighted by atomic mass is 16.3. The number of nitrogens with one attached hydrogen (secondary N) is 1. The third kappa shape index (κ3) is 4.88. The van der Waals surface area contributed by atoms with Gasteiger partial charge in [0, 0.05) is 6.42 Å². The average Bonchev–Trinajstić information content (AvgIpc) is 2.76. The first-order valence-corrected chi connectivity index (χ1v) is 6.60. The first-order valence-electron chi connectivity index (χ1n) is 6.60. The number of nitrogens with zero attached hydrogens (tertiary/aromatic N) is 1. The summed E-state index contributed by atoms with van der Waals surface area (Å²) in [7, 11) is 0. The smallest absolute Gasteiger partial charge is 0.106 e. The van der Waals surface area contributed by atoms with Crippen LogP contribution in [-0.2, 0) is 19.6 Å². The number of hydrogen-bond acceptors (Lipinski definition) is 3. The highest BCUT2D eigenvalue weighted by molar-refractivity contribution is 5.13. The molecule has 1 rings (SSSR count). The zero-order valence-electron chi connectivity index (χ0n) is 10.7. The topological polar surface area (TPSA) is 69.1 Å². The number of hydrogen-bond donors (Lipinski definition) is 3. The average molecular weight is 240 g/mol. The number of aryl methyl sites for hydroxylation is 1. The van der Waals surface area contributed by atoms with Crippen molar-refractivity contribution in [3.63, 3.8) is 0 Å². The van der Waals surface area contributed by atoms with Crippen molar-refractivity contribution >= 4 is 0 Å². The highest BCUT2D eigenvalue weighted by Gasteiger charge is 2.07. The summed E-state index contributed by atoms with van der Waals surface area (Å²) in [4.78, 5) is 7.33. The van der Waals surface area contributed by atoms with Gasteiger partial charge in [0.2, 0.25) is 0 Å². The van der Waals surface area contributed by atoms with E-state index < -0.39 is 0 Å². The fourth-order valence-electron chi connectivity index (χ4n) is 1.96. The molecule has 1 heterocycles. The first kappa shape index (κ1) is 14.2. The number of H-pyrrole nitrogens is 1. The summed E-state index contributed by atoms with van der Waals surface area (Å²) in [6, 6.07) is 0. The van der Waals surface area contributed by atoms with Crippen LogP contribution in [0.3, 0.4) is 0 Å². The Hall–Kier alpha value is -0.870. The second-order valence-corrected chi connectivity index (χ2v) is 4.44. The molecule has 3 N–H and O–H groups in total. The Bertz CT molecular complexity index is 289. The van der Waals surface area contributed by atoms with Crippen molar-refractivity contribution in [3.8, 4) is 0 Å². The zero-order chi connectivity index (χ0) is 12.5. The highest BCUT2D eigenvalue weighted by Crippen LogP contribution is 2.11. The van der Waals surface area contributed by atoms with Crippen LogP contribution >= 0.6 is 0 Å². The lowest BCUT2D eigenvalue weighted by Gasteiger charge is -1.98. The van der Waals surface area contributed by atoms with Crippen molar-refractivity contribution in [2.24, 2.45) is 0 Å². The molecule has 1 aromatic rings. The third-order valence-electron chi connectivity index (χ3n) is 2.99. The molecule has 0 aliphatic carbocycles. The second kappa shape index (κ2) is 8.25. The first-order chi connectivity index (χ1) is 8.31. The van der Waals surface area contributed by atoms with Crippen LogP contribution in [0.1, 0.15) is 62.7 Å². The van der Waals surface area contributed by atoms with Gasteiger partial charge in [-0.3, -0.25) is 0 Å². The minimum atomic E-state index is -0.108. The zero-order valence-corrected chi connectivity index (χ0v) is 10.7. The predicted molar refractivity (Wildman–Crippen MR) is 67.5 cm³/mol. The molecule has 0 spiro atoms.